The first-order chi connectivity index (χ1) is 33.7. The van der Waals surface area contributed by atoms with Gasteiger partial charge < -0.3 is 8.80 Å². The van der Waals surface area contributed by atoms with Gasteiger partial charge in [-0.15, -0.1) is 0 Å². The first-order valence-corrected chi connectivity index (χ1v) is 23.6. The summed E-state index contributed by atoms with van der Waals surface area (Å²) in [6.07, 6.45) is 0. The fourth-order valence-corrected chi connectivity index (χ4v) is 11.7. The maximum absolute atomic E-state index is 2.58. The summed E-state index contributed by atoms with van der Waals surface area (Å²) in [5, 5.41) is 10.4. The van der Waals surface area contributed by atoms with E-state index in [-0.39, 0.29) is 0 Å². The van der Waals surface area contributed by atoms with Crippen molar-refractivity contribution in [3.8, 4) is 66.8 Å². The lowest BCUT2D eigenvalue weighted by atomic mass is 9.92. The van der Waals surface area contributed by atoms with Crippen molar-refractivity contribution in [3.63, 3.8) is 0 Å². The van der Waals surface area contributed by atoms with Gasteiger partial charge in [0.15, 0.2) is 0 Å². The molecule has 2 nitrogen and oxygen atoms in total. The topological polar surface area (TPSA) is 8.82 Å². The number of hydrogen-bond acceptors (Lipinski definition) is 0. The van der Waals surface area contributed by atoms with E-state index < -0.39 is 0 Å². The second-order valence-electron chi connectivity index (χ2n) is 18.4. The molecule has 11 aromatic carbocycles. The van der Waals surface area contributed by atoms with Gasteiger partial charge in [0.05, 0.1) is 33.1 Å². The van der Waals surface area contributed by atoms with Crippen LogP contribution in [-0.4, -0.2) is 8.80 Å². The summed E-state index contributed by atoms with van der Waals surface area (Å²) in [7, 11) is 0. The van der Waals surface area contributed by atoms with Crippen molar-refractivity contribution >= 4 is 76.2 Å². The second kappa shape index (κ2) is 14.3. The summed E-state index contributed by atoms with van der Waals surface area (Å²) < 4.78 is 5.15. The van der Waals surface area contributed by atoms with Crippen LogP contribution in [0.2, 0.25) is 0 Å². The molecule has 0 bridgehead atoms. The Labute approximate surface area is 392 Å². The Morgan fingerprint density at radius 1 is 0.176 bits per heavy atom. The number of hydrogen-bond donors (Lipinski definition) is 0. The molecule has 0 aliphatic rings. The quantitative estimate of drug-likeness (QED) is 0.157. The second-order valence-corrected chi connectivity index (χ2v) is 18.4. The van der Waals surface area contributed by atoms with Crippen molar-refractivity contribution in [2.45, 2.75) is 0 Å². The van der Waals surface area contributed by atoms with Crippen molar-refractivity contribution < 1.29 is 0 Å². The number of aromatic nitrogens is 2. The van der Waals surface area contributed by atoms with E-state index in [0.717, 1.165) is 0 Å². The van der Waals surface area contributed by atoms with Gasteiger partial charge in [-0.05, 0) is 127 Å². The molecule has 4 aromatic heterocycles. The Kier molecular flexibility index (Phi) is 7.81. The molecule has 4 heterocycles. The van der Waals surface area contributed by atoms with E-state index in [2.05, 4.69) is 251 Å². The smallest absolute Gasteiger partial charge is 0.0634 e. The third-order valence-electron chi connectivity index (χ3n) is 14.7. The molecule has 0 aliphatic heterocycles. The van der Waals surface area contributed by atoms with Gasteiger partial charge >= 0.3 is 0 Å². The molecule has 0 atom stereocenters. The van der Waals surface area contributed by atoms with E-state index in [1.807, 2.05) is 0 Å². The van der Waals surface area contributed by atoms with Crippen LogP contribution >= 0.6 is 0 Å². The maximum Gasteiger partial charge on any atom is 0.0634 e. The van der Waals surface area contributed by atoms with Gasteiger partial charge in [0.2, 0.25) is 0 Å². The summed E-state index contributed by atoms with van der Waals surface area (Å²) in [5.74, 6) is 0. The van der Waals surface area contributed by atoms with Crippen molar-refractivity contribution in [3.05, 3.63) is 243 Å². The van der Waals surface area contributed by atoms with Gasteiger partial charge in [-0.25, -0.2) is 0 Å². The minimum absolute atomic E-state index is 1.20. The van der Waals surface area contributed by atoms with Crippen molar-refractivity contribution in [2.75, 3.05) is 0 Å². The molecule has 0 spiro atoms. The molecule has 314 valence electrons. The molecule has 0 N–H and O–H groups in total. The van der Waals surface area contributed by atoms with Crippen LogP contribution in [0, 0.1) is 0 Å². The van der Waals surface area contributed by atoms with Crippen LogP contribution in [0.4, 0.5) is 0 Å². The summed E-state index contributed by atoms with van der Waals surface area (Å²) in [4.78, 5) is 0. The summed E-state index contributed by atoms with van der Waals surface area (Å²) in [6.45, 7) is 0. The van der Waals surface area contributed by atoms with Gasteiger partial charge in [0, 0.05) is 43.1 Å². The highest BCUT2D eigenvalue weighted by Crippen LogP contribution is 2.52. The molecule has 0 aliphatic carbocycles. The number of benzene rings is 11. The normalized spacial score (nSPS) is 12.1. The minimum atomic E-state index is 1.20. The monoisotopic (exact) mass is 860 g/mol. The number of rotatable bonds is 6. The highest BCUT2D eigenvalue weighted by atomic mass is 14.9. The van der Waals surface area contributed by atoms with Crippen LogP contribution in [0.3, 0.4) is 0 Å². The van der Waals surface area contributed by atoms with Gasteiger partial charge in [-0.1, -0.05) is 182 Å². The number of para-hydroxylation sites is 2. The van der Waals surface area contributed by atoms with Gasteiger partial charge in [0.25, 0.3) is 0 Å². The van der Waals surface area contributed by atoms with E-state index >= 15 is 0 Å². The first kappa shape index (κ1) is 37.3. The lowest BCUT2D eigenvalue weighted by molar-refractivity contribution is 1.37. The predicted octanol–water partition coefficient (Wildman–Crippen LogP) is 18.0. The van der Waals surface area contributed by atoms with Gasteiger partial charge in [-0.2, -0.15) is 0 Å². The number of nitrogens with zero attached hydrogens (tertiary/aromatic N) is 2. The Balaban J connectivity index is 1.02. The lowest BCUT2D eigenvalue weighted by Crippen LogP contribution is -1.87. The van der Waals surface area contributed by atoms with Crippen LogP contribution in [0.25, 0.3) is 143 Å². The highest BCUT2D eigenvalue weighted by Gasteiger charge is 2.29. The third-order valence-corrected chi connectivity index (χ3v) is 14.7. The first-order valence-electron chi connectivity index (χ1n) is 23.6. The highest BCUT2D eigenvalue weighted by molar-refractivity contribution is 6.45. The maximum atomic E-state index is 2.58. The largest absolute Gasteiger partial charge is 0.308 e. The average molecular weight is 861 g/mol. The molecule has 0 saturated heterocycles. The van der Waals surface area contributed by atoms with Crippen LogP contribution in [0.5, 0.6) is 0 Å². The molecule has 2 heteroatoms. The van der Waals surface area contributed by atoms with Crippen LogP contribution in [-0.2, 0) is 0 Å². The zero-order chi connectivity index (χ0) is 44.5. The Bertz CT molecular complexity index is 4040. The van der Waals surface area contributed by atoms with Crippen molar-refractivity contribution in [1.29, 1.82) is 0 Å². The van der Waals surface area contributed by atoms with E-state index in [9.17, 15) is 0 Å². The van der Waals surface area contributed by atoms with Gasteiger partial charge in [0.1, 0.15) is 0 Å². The molecule has 68 heavy (non-hydrogen) atoms. The standard InChI is InChI=1S/C66H40N2/c1-5-17-41(18-6-1)47-33-48(42-19-7-2-8-20-42)36-51(35-47)45-29-31-55-59(39-45)67-57-27-15-13-25-53(57)62-64-56-32-30-46(40-60(56)68-58-28-16-14-26-54(58)61(66(64)68)63(55)65(62)67)52-37-49(43-21-9-3-10-22-43)34-50(38-52)44-23-11-4-12-24-44/h1-40H. The number of fused-ring (bicyclic) bond motifs is 14. The summed E-state index contributed by atoms with van der Waals surface area (Å²) >= 11 is 0. The zero-order valence-electron chi connectivity index (χ0n) is 37.0. The van der Waals surface area contributed by atoms with E-state index in [0.29, 0.717) is 0 Å². The summed E-state index contributed by atoms with van der Waals surface area (Å²) in [5.41, 5.74) is 22.0. The molecule has 0 radical (unpaired) electrons. The third kappa shape index (κ3) is 5.34. The molecule has 15 rings (SSSR count). The minimum Gasteiger partial charge on any atom is -0.308 e. The van der Waals surface area contributed by atoms with E-state index in [1.165, 1.54) is 143 Å². The molecule has 0 amide bonds. The fourth-order valence-electron chi connectivity index (χ4n) is 11.7. The molecule has 0 saturated carbocycles. The van der Waals surface area contributed by atoms with Crippen molar-refractivity contribution in [2.24, 2.45) is 0 Å². The van der Waals surface area contributed by atoms with Crippen LogP contribution in [0.15, 0.2) is 243 Å². The van der Waals surface area contributed by atoms with E-state index in [1.54, 1.807) is 0 Å². The Hall–Kier alpha value is -8.98. The molecule has 15 aromatic rings. The van der Waals surface area contributed by atoms with Crippen molar-refractivity contribution in [1.82, 2.24) is 8.80 Å². The average Bonchev–Trinajstić information content (AvgIpc) is 4.15. The molecule has 0 fully saturated rings. The molecular formula is C66H40N2. The zero-order valence-corrected chi connectivity index (χ0v) is 37.0. The Morgan fingerprint density at radius 3 is 0.765 bits per heavy atom. The Morgan fingerprint density at radius 2 is 0.441 bits per heavy atom. The predicted molar refractivity (Wildman–Crippen MR) is 288 cm³/mol. The fraction of sp³-hybridized carbons (Fsp3) is 0. The molecular weight excluding hydrogens is 821 g/mol. The van der Waals surface area contributed by atoms with Crippen LogP contribution in [0.1, 0.15) is 0 Å². The van der Waals surface area contributed by atoms with Gasteiger partial charge in [-0.3, -0.25) is 0 Å². The SMILES string of the molecule is c1ccc(-c2cc(-c3ccccc3)cc(-c3ccc4c5c6c7ccccc7n7c8cc(-c9cc(-c%10ccccc%10)cc(-c%10ccccc%10)c9)ccc8c(c8c9ccccc9n(c4c3)c85)c67)c2)cc1. The van der Waals surface area contributed by atoms with E-state index in [4.69, 9.17) is 0 Å². The lowest BCUT2D eigenvalue weighted by Gasteiger charge is -2.12. The summed E-state index contributed by atoms with van der Waals surface area (Å²) in [6, 6.07) is 89.7. The van der Waals surface area contributed by atoms with Crippen LogP contribution < -0.4 is 0 Å². The molecule has 0 unspecified atom stereocenters.